The lowest BCUT2D eigenvalue weighted by Gasteiger charge is -2.27. The molecule has 12 heteroatoms. The Bertz CT molecular complexity index is 1380. The maximum Gasteiger partial charge on any atom is 0.269 e. The highest BCUT2D eigenvalue weighted by Crippen LogP contribution is 2.45. The van der Waals surface area contributed by atoms with E-state index in [2.05, 4.69) is 20.6 Å². The van der Waals surface area contributed by atoms with Crippen molar-refractivity contribution in [2.24, 2.45) is 4.99 Å². The molecule has 0 radical (unpaired) electrons. The first-order valence-electron chi connectivity index (χ1n) is 9.43. The molecule has 0 saturated carbocycles. The van der Waals surface area contributed by atoms with Crippen LogP contribution in [0.1, 0.15) is 22.7 Å². The molecule has 33 heavy (non-hydrogen) atoms. The molecule has 1 atom stereocenters. The predicted molar refractivity (Wildman–Crippen MR) is 123 cm³/mol. The van der Waals surface area contributed by atoms with Gasteiger partial charge in [0.05, 0.1) is 10.6 Å². The van der Waals surface area contributed by atoms with Crippen LogP contribution in [-0.4, -0.2) is 15.9 Å². The van der Waals surface area contributed by atoms with Crippen molar-refractivity contribution in [3.63, 3.8) is 0 Å². The number of hydrogen-bond acceptors (Lipinski definition) is 11. The molecule has 1 aromatic heterocycles. The number of aliphatic imine (C=N–C) groups is 1. The number of nitriles is 2. The molecule has 1 unspecified atom stereocenters. The van der Waals surface area contributed by atoms with Gasteiger partial charge < -0.3 is 16.8 Å². The first-order chi connectivity index (χ1) is 15.9. The van der Waals surface area contributed by atoms with E-state index in [4.69, 9.17) is 16.7 Å². The fourth-order valence-electron chi connectivity index (χ4n) is 3.38. The van der Waals surface area contributed by atoms with Crippen LogP contribution in [0.4, 0.5) is 23.0 Å². The number of hydrogen-bond donors (Lipinski definition) is 4. The summed E-state index contributed by atoms with van der Waals surface area (Å²) in [6.45, 7) is 0. The number of nitrogens with one attached hydrogen (secondary N) is 2. The average Bonchev–Trinajstić information content (AvgIpc) is 2.79. The van der Waals surface area contributed by atoms with Crippen LogP contribution in [0.5, 0.6) is 0 Å². The minimum Gasteiger partial charge on any atom is -0.397 e. The number of nitrogens with two attached hydrogens (primary N) is 2. The van der Waals surface area contributed by atoms with Crippen LogP contribution >= 0.6 is 11.8 Å². The van der Waals surface area contributed by atoms with Crippen molar-refractivity contribution in [1.82, 2.24) is 10.3 Å². The predicted octanol–water partition coefficient (Wildman–Crippen LogP) is 3.12. The Hall–Kier alpha value is -4.81. The molecule has 4 rings (SSSR count). The zero-order valence-electron chi connectivity index (χ0n) is 16.8. The normalized spacial score (nSPS) is 14.1. The Kier molecular flexibility index (Phi) is 5.67. The van der Waals surface area contributed by atoms with Crippen molar-refractivity contribution in [3.05, 3.63) is 75.3 Å². The van der Waals surface area contributed by atoms with E-state index >= 15 is 0 Å². The monoisotopic (exact) mass is 457 g/mol. The molecule has 3 aromatic rings. The van der Waals surface area contributed by atoms with Crippen molar-refractivity contribution in [1.29, 1.82) is 10.5 Å². The Morgan fingerprint density at radius 1 is 1.18 bits per heavy atom. The van der Waals surface area contributed by atoms with Gasteiger partial charge in [-0.2, -0.15) is 10.5 Å². The number of nitro benzene ring substituents is 1. The molecule has 0 fully saturated rings. The van der Waals surface area contributed by atoms with Crippen LogP contribution in [0, 0.1) is 32.9 Å². The lowest BCUT2D eigenvalue weighted by molar-refractivity contribution is -0.385. The Labute approximate surface area is 191 Å². The average molecular weight is 457 g/mol. The standard InChI is InChI=1S/C21H15N9O2S/c22-9-14-17(24)16-18(27-21(26-10-23)29-20(16)28-19(14)25)13-8-11(30(31)32)6-7-15(13)33-12-4-2-1-3-5-12/h1-8,18H,(H6,24,25,26,27,28,29). The summed E-state index contributed by atoms with van der Waals surface area (Å²) < 4.78 is 0. The number of nitrogens with zero attached hydrogens (tertiary/aromatic N) is 5. The number of nitrogen functional groups attached to an aromatic ring is 2. The third kappa shape index (κ3) is 4.06. The zero-order valence-corrected chi connectivity index (χ0v) is 17.6. The van der Waals surface area contributed by atoms with Gasteiger partial charge in [-0.05, 0) is 18.2 Å². The second-order valence-corrected chi connectivity index (χ2v) is 7.91. The van der Waals surface area contributed by atoms with Crippen molar-refractivity contribution in [2.75, 3.05) is 16.8 Å². The topological polar surface area (TPSA) is 192 Å². The maximum absolute atomic E-state index is 11.5. The quantitative estimate of drug-likeness (QED) is 0.196. The SMILES string of the molecule is N#CNC1=NC(c2cc([N+](=O)[O-])ccc2Sc2ccccc2)c2c(nc(N)c(C#N)c2N)N1. The largest absolute Gasteiger partial charge is 0.397 e. The minimum absolute atomic E-state index is 0.0184. The molecule has 2 heterocycles. The van der Waals surface area contributed by atoms with Gasteiger partial charge in [0.2, 0.25) is 5.96 Å². The van der Waals surface area contributed by atoms with Crippen LogP contribution < -0.4 is 22.1 Å². The summed E-state index contributed by atoms with van der Waals surface area (Å²) in [6, 6.07) is 14.9. The fourth-order valence-corrected chi connectivity index (χ4v) is 4.35. The number of aromatic nitrogens is 1. The van der Waals surface area contributed by atoms with E-state index in [0.717, 1.165) is 4.90 Å². The number of pyridine rings is 1. The molecule has 0 saturated heterocycles. The number of rotatable bonds is 4. The summed E-state index contributed by atoms with van der Waals surface area (Å²) in [5, 5.41) is 35.4. The van der Waals surface area contributed by atoms with Gasteiger partial charge in [-0.3, -0.25) is 15.4 Å². The van der Waals surface area contributed by atoms with Gasteiger partial charge in [0.1, 0.15) is 29.3 Å². The molecule has 162 valence electrons. The minimum atomic E-state index is -0.900. The molecule has 0 bridgehead atoms. The first-order valence-corrected chi connectivity index (χ1v) is 10.2. The van der Waals surface area contributed by atoms with Gasteiger partial charge in [0.25, 0.3) is 5.69 Å². The number of nitro groups is 1. The second-order valence-electron chi connectivity index (χ2n) is 6.80. The van der Waals surface area contributed by atoms with Crippen molar-refractivity contribution in [2.45, 2.75) is 15.8 Å². The van der Waals surface area contributed by atoms with Crippen molar-refractivity contribution >= 4 is 40.7 Å². The lowest BCUT2D eigenvalue weighted by atomic mass is 9.94. The summed E-state index contributed by atoms with van der Waals surface area (Å²) in [6.07, 6.45) is 1.78. The van der Waals surface area contributed by atoms with Gasteiger partial charge in [0, 0.05) is 33.1 Å². The fraction of sp³-hybridized carbons (Fsp3) is 0.0476. The summed E-state index contributed by atoms with van der Waals surface area (Å²) in [5.41, 5.74) is 12.9. The highest BCUT2D eigenvalue weighted by Gasteiger charge is 2.32. The van der Waals surface area contributed by atoms with Crippen LogP contribution in [0.25, 0.3) is 0 Å². The summed E-state index contributed by atoms with van der Waals surface area (Å²) in [5.74, 6) is 0.174. The lowest BCUT2D eigenvalue weighted by Crippen LogP contribution is -2.33. The molecule has 6 N–H and O–H groups in total. The highest BCUT2D eigenvalue weighted by molar-refractivity contribution is 7.99. The Morgan fingerprint density at radius 2 is 1.94 bits per heavy atom. The molecule has 1 aliphatic heterocycles. The van der Waals surface area contributed by atoms with Crippen molar-refractivity contribution < 1.29 is 4.92 Å². The van der Waals surface area contributed by atoms with E-state index in [1.807, 2.05) is 36.4 Å². The smallest absolute Gasteiger partial charge is 0.269 e. The number of fused-ring (bicyclic) bond motifs is 1. The van der Waals surface area contributed by atoms with E-state index in [1.54, 1.807) is 12.3 Å². The van der Waals surface area contributed by atoms with Gasteiger partial charge in [0.15, 0.2) is 6.19 Å². The highest BCUT2D eigenvalue weighted by atomic mass is 32.2. The summed E-state index contributed by atoms with van der Waals surface area (Å²) in [7, 11) is 0. The third-order valence-corrected chi connectivity index (χ3v) is 5.93. The first kappa shape index (κ1) is 21.4. The van der Waals surface area contributed by atoms with Crippen molar-refractivity contribution in [3.8, 4) is 12.3 Å². The number of anilines is 3. The van der Waals surface area contributed by atoms with Crippen LogP contribution in [0.15, 0.2) is 63.3 Å². The summed E-state index contributed by atoms with van der Waals surface area (Å²) in [4.78, 5) is 21.3. The van der Waals surface area contributed by atoms with Crippen LogP contribution in [-0.2, 0) is 0 Å². The number of non-ortho nitro benzene ring substituents is 1. The van der Waals surface area contributed by atoms with Gasteiger partial charge in [-0.25, -0.2) is 9.98 Å². The Morgan fingerprint density at radius 3 is 2.61 bits per heavy atom. The van der Waals surface area contributed by atoms with E-state index < -0.39 is 11.0 Å². The molecule has 0 amide bonds. The zero-order chi connectivity index (χ0) is 23.5. The maximum atomic E-state index is 11.5. The van der Waals surface area contributed by atoms with Gasteiger partial charge in [-0.15, -0.1) is 0 Å². The molecule has 2 aromatic carbocycles. The molecular formula is C21H15N9O2S. The molecule has 0 spiro atoms. The van der Waals surface area contributed by atoms with Crippen LogP contribution in [0.3, 0.4) is 0 Å². The molecular weight excluding hydrogens is 442 g/mol. The molecule has 1 aliphatic rings. The summed E-state index contributed by atoms with van der Waals surface area (Å²) >= 11 is 1.39. The van der Waals surface area contributed by atoms with Gasteiger partial charge in [-0.1, -0.05) is 30.0 Å². The van der Waals surface area contributed by atoms with Gasteiger partial charge >= 0.3 is 0 Å². The third-order valence-electron chi connectivity index (χ3n) is 4.83. The van der Waals surface area contributed by atoms with Crippen LogP contribution in [0.2, 0.25) is 0 Å². The van der Waals surface area contributed by atoms with E-state index in [-0.39, 0.29) is 34.5 Å². The number of guanidine groups is 1. The second kappa shape index (κ2) is 8.74. The number of benzene rings is 2. The molecule has 11 nitrogen and oxygen atoms in total. The van der Waals surface area contributed by atoms with E-state index in [9.17, 15) is 15.4 Å². The Balaban J connectivity index is 1.97. The molecule has 0 aliphatic carbocycles. The van der Waals surface area contributed by atoms with E-state index in [1.165, 1.54) is 23.9 Å². The van der Waals surface area contributed by atoms with E-state index in [0.29, 0.717) is 16.0 Å².